The van der Waals surface area contributed by atoms with Crippen molar-refractivity contribution in [1.82, 2.24) is 0 Å². The maximum Gasteiger partial charge on any atom is 0.350 e. The molecule has 0 amide bonds. The van der Waals surface area contributed by atoms with Gasteiger partial charge in [-0.1, -0.05) is 24.6 Å². The average Bonchev–Trinajstić information content (AvgIpc) is 2.79. The number of anilines is 1. The monoisotopic (exact) mass is 387 g/mol. The Bertz CT molecular complexity index is 685. The van der Waals surface area contributed by atoms with Crippen LogP contribution in [0, 0.1) is 0 Å². The van der Waals surface area contributed by atoms with Gasteiger partial charge < -0.3 is 10.5 Å². The van der Waals surface area contributed by atoms with Crippen LogP contribution in [0.4, 0.5) is 5.69 Å². The van der Waals surface area contributed by atoms with E-state index in [1.807, 2.05) is 25.1 Å². The number of nitrogens with two attached hydrogens (primary N) is 1. The first-order chi connectivity index (χ1) is 9.99. The predicted molar refractivity (Wildman–Crippen MR) is 92.2 cm³/mol. The first kappa shape index (κ1) is 16.3. The molecule has 0 atom stereocenters. The summed E-state index contributed by atoms with van der Waals surface area (Å²) in [5.74, 6) is -0.371. The van der Waals surface area contributed by atoms with Gasteiger partial charge in [-0.25, -0.2) is 4.79 Å². The van der Waals surface area contributed by atoms with Gasteiger partial charge in [-0.15, -0.1) is 11.3 Å². The van der Waals surface area contributed by atoms with E-state index in [1.54, 1.807) is 6.92 Å². The fourth-order valence-corrected chi connectivity index (χ4v) is 3.68. The number of carbonyl (C=O) groups is 1. The van der Waals surface area contributed by atoms with Crippen LogP contribution in [0.5, 0.6) is 0 Å². The second kappa shape index (κ2) is 6.81. The van der Waals surface area contributed by atoms with Crippen LogP contribution in [-0.2, 0) is 11.2 Å². The molecule has 112 valence electrons. The molecule has 21 heavy (non-hydrogen) atoms. The molecule has 3 nitrogen and oxygen atoms in total. The van der Waals surface area contributed by atoms with E-state index in [4.69, 9.17) is 22.1 Å². The van der Waals surface area contributed by atoms with Crippen molar-refractivity contribution in [3.05, 3.63) is 38.1 Å². The van der Waals surface area contributed by atoms with Crippen LogP contribution in [0.3, 0.4) is 0 Å². The number of rotatable bonds is 4. The molecule has 1 aromatic heterocycles. The Balaban J connectivity index is 2.55. The fourth-order valence-electron chi connectivity index (χ4n) is 2.05. The maximum atomic E-state index is 12.0. The molecule has 2 aromatic rings. The number of hydrogen-bond acceptors (Lipinski definition) is 4. The summed E-state index contributed by atoms with van der Waals surface area (Å²) < 4.78 is 5.89. The lowest BCUT2D eigenvalue weighted by atomic mass is 10.1. The van der Waals surface area contributed by atoms with E-state index in [2.05, 4.69) is 15.9 Å². The normalized spacial score (nSPS) is 10.7. The molecule has 2 rings (SSSR count). The molecule has 0 aliphatic carbocycles. The summed E-state index contributed by atoms with van der Waals surface area (Å²) in [4.78, 5) is 13.4. The number of esters is 1. The van der Waals surface area contributed by atoms with Crippen LogP contribution >= 0.6 is 38.9 Å². The predicted octanol–water partition coefficient (Wildman–Crippen LogP) is 5.15. The zero-order valence-corrected chi connectivity index (χ0v) is 14.9. The summed E-state index contributed by atoms with van der Waals surface area (Å²) in [6.07, 6.45) is 0.741. The minimum absolute atomic E-state index is 0.330. The summed E-state index contributed by atoms with van der Waals surface area (Å²) in [5.41, 5.74) is 8.54. The molecule has 1 heterocycles. The van der Waals surface area contributed by atoms with Gasteiger partial charge in [0.2, 0.25) is 0 Å². The minimum atomic E-state index is -0.371. The Morgan fingerprint density at radius 1 is 1.43 bits per heavy atom. The molecule has 2 N–H and O–H groups in total. The zero-order valence-electron chi connectivity index (χ0n) is 11.7. The number of thiophene rings is 1. The first-order valence-electron chi connectivity index (χ1n) is 6.53. The molecule has 0 aliphatic heterocycles. The highest BCUT2D eigenvalue weighted by atomic mass is 79.9. The van der Waals surface area contributed by atoms with Gasteiger partial charge in [0.15, 0.2) is 0 Å². The molecule has 0 saturated carbocycles. The molecule has 0 aliphatic rings. The van der Waals surface area contributed by atoms with Crippen molar-refractivity contribution in [2.75, 3.05) is 12.3 Å². The lowest BCUT2D eigenvalue weighted by molar-refractivity contribution is 0.0533. The van der Waals surface area contributed by atoms with E-state index < -0.39 is 0 Å². The van der Waals surface area contributed by atoms with Gasteiger partial charge in [0, 0.05) is 9.35 Å². The van der Waals surface area contributed by atoms with Crippen molar-refractivity contribution in [2.24, 2.45) is 0 Å². The molecule has 0 unspecified atom stereocenters. The SMILES string of the molecule is CCOC(=O)c1sc(-c2ccc(Br)c(Cl)c2)c(CC)c1N. The highest BCUT2D eigenvalue weighted by Gasteiger charge is 2.22. The topological polar surface area (TPSA) is 52.3 Å². The van der Waals surface area contributed by atoms with Crippen LogP contribution in [0.2, 0.25) is 5.02 Å². The third-order valence-electron chi connectivity index (χ3n) is 3.04. The van der Waals surface area contributed by atoms with E-state index >= 15 is 0 Å². The first-order valence-corrected chi connectivity index (χ1v) is 8.52. The molecular weight excluding hydrogens is 374 g/mol. The second-order valence-corrected chi connectivity index (χ2v) is 6.64. The largest absolute Gasteiger partial charge is 0.462 e. The van der Waals surface area contributed by atoms with Gasteiger partial charge in [-0.3, -0.25) is 0 Å². The van der Waals surface area contributed by atoms with Crippen molar-refractivity contribution < 1.29 is 9.53 Å². The van der Waals surface area contributed by atoms with Gasteiger partial charge in [-0.2, -0.15) is 0 Å². The van der Waals surface area contributed by atoms with Crippen LogP contribution in [0.25, 0.3) is 10.4 Å². The highest BCUT2D eigenvalue weighted by molar-refractivity contribution is 9.10. The lowest BCUT2D eigenvalue weighted by Crippen LogP contribution is -2.05. The molecular formula is C15H15BrClNO2S. The summed E-state index contributed by atoms with van der Waals surface area (Å²) in [6, 6.07) is 5.71. The Labute approximate surface area is 141 Å². The minimum Gasteiger partial charge on any atom is -0.462 e. The van der Waals surface area contributed by atoms with Crippen molar-refractivity contribution in [3.8, 4) is 10.4 Å². The van der Waals surface area contributed by atoms with Crippen LogP contribution < -0.4 is 5.73 Å². The van der Waals surface area contributed by atoms with Crippen molar-refractivity contribution in [1.29, 1.82) is 0 Å². The van der Waals surface area contributed by atoms with Crippen molar-refractivity contribution >= 4 is 50.5 Å². The summed E-state index contributed by atoms with van der Waals surface area (Å²) in [7, 11) is 0. The molecule has 1 aromatic carbocycles. The molecule has 0 spiro atoms. The Hall–Kier alpha value is -1.04. The smallest absolute Gasteiger partial charge is 0.350 e. The summed E-state index contributed by atoms with van der Waals surface area (Å²) in [5, 5.41) is 0.624. The van der Waals surface area contributed by atoms with Crippen molar-refractivity contribution in [3.63, 3.8) is 0 Å². The highest BCUT2D eigenvalue weighted by Crippen LogP contribution is 2.41. The average molecular weight is 389 g/mol. The van der Waals surface area contributed by atoms with E-state index in [0.717, 1.165) is 26.9 Å². The Kier molecular flexibility index (Phi) is 5.30. The van der Waals surface area contributed by atoms with Gasteiger partial charge in [0.1, 0.15) is 4.88 Å². The van der Waals surface area contributed by atoms with Crippen LogP contribution in [0.1, 0.15) is 29.1 Å². The fraction of sp³-hybridized carbons (Fsp3) is 0.267. The molecule has 6 heteroatoms. The van der Waals surface area contributed by atoms with Gasteiger partial charge >= 0.3 is 5.97 Å². The number of hydrogen-bond donors (Lipinski definition) is 1. The maximum absolute atomic E-state index is 12.0. The van der Waals surface area contributed by atoms with E-state index in [0.29, 0.717) is 22.2 Å². The molecule has 0 fully saturated rings. The number of benzene rings is 1. The quantitative estimate of drug-likeness (QED) is 0.737. The van der Waals surface area contributed by atoms with E-state index in [-0.39, 0.29) is 5.97 Å². The Morgan fingerprint density at radius 3 is 2.71 bits per heavy atom. The standard InChI is InChI=1S/C15H15BrClNO2S/c1-3-9-12(18)14(15(19)20-4-2)21-13(9)8-5-6-10(16)11(17)7-8/h5-7H,3-4,18H2,1-2H3. The van der Waals surface area contributed by atoms with Gasteiger partial charge in [0.05, 0.1) is 17.3 Å². The number of nitrogen functional groups attached to an aromatic ring is 1. The third kappa shape index (κ3) is 3.25. The molecule has 0 bridgehead atoms. The summed E-state index contributed by atoms with van der Waals surface area (Å²) in [6.45, 7) is 4.12. The van der Waals surface area contributed by atoms with Crippen molar-refractivity contribution in [2.45, 2.75) is 20.3 Å². The van der Waals surface area contributed by atoms with E-state index in [9.17, 15) is 4.79 Å². The number of ether oxygens (including phenoxy) is 1. The Morgan fingerprint density at radius 2 is 2.14 bits per heavy atom. The second-order valence-electron chi connectivity index (χ2n) is 4.36. The lowest BCUT2D eigenvalue weighted by Gasteiger charge is -2.04. The van der Waals surface area contributed by atoms with Gasteiger partial charge in [-0.05, 0) is 52.5 Å². The zero-order chi connectivity index (χ0) is 15.6. The summed E-state index contributed by atoms with van der Waals surface area (Å²) >= 11 is 10.9. The van der Waals surface area contributed by atoms with Gasteiger partial charge in [0.25, 0.3) is 0 Å². The van der Waals surface area contributed by atoms with Crippen LogP contribution in [-0.4, -0.2) is 12.6 Å². The molecule has 0 radical (unpaired) electrons. The number of carbonyl (C=O) groups excluding carboxylic acids is 1. The molecule has 0 saturated heterocycles. The third-order valence-corrected chi connectivity index (χ3v) is 5.55. The van der Waals surface area contributed by atoms with E-state index in [1.165, 1.54) is 11.3 Å². The number of halogens is 2. The van der Waals surface area contributed by atoms with Crippen LogP contribution in [0.15, 0.2) is 22.7 Å².